The largest absolute Gasteiger partial charge is 0.440 e. The predicted molar refractivity (Wildman–Crippen MR) is 91.0 cm³/mol. The molecule has 1 N–H and O–H groups in total. The number of anilines is 1. The number of hydrogen-bond acceptors (Lipinski definition) is 6. The van der Waals surface area contributed by atoms with Crippen molar-refractivity contribution in [2.75, 3.05) is 5.32 Å². The number of hydrogen-bond donors (Lipinski definition) is 1. The average molecular weight is 345 g/mol. The molecule has 1 fully saturated rings. The zero-order valence-electron chi connectivity index (χ0n) is 12.5. The maximum absolute atomic E-state index is 12.2. The molecule has 0 aliphatic heterocycles. The van der Waals surface area contributed by atoms with Crippen LogP contribution < -0.4 is 5.32 Å². The Morgan fingerprint density at radius 1 is 1.39 bits per heavy atom. The number of rotatable bonds is 5. The lowest BCUT2D eigenvalue weighted by Gasteiger charge is -1.99. The molecular weight excluding hydrogens is 330 g/mol. The van der Waals surface area contributed by atoms with Crippen LogP contribution in [0, 0.1) is 6.92 Å². The molecule has 1 aliphatic carbocycles. The minimum absolute atomic E-state index is 0.115. The Kier molecular flexibility index (Phi) is 3.74. The van der Waals surface area contributed by atoms with E-state index in [4.69, 9.17) is 4.42 Å². The summed E-state index contributed by atoms with van der Waals surface area (Å²) in [6, 6.07) is 3.90. The van der Waals surface area contributed by atoms with Gasteiger partial charge >= 0.3 is 0 Å². The lowest BCUT2D eigenvalue weighted by molar-refractivity contribution is -0.115. The fourth-order valence-electron chi connectivity index (χ4n) is 2.32. The van der Waals surface area contributed by atoms with Crippen molar-refractivity contribution < 1.29 is 9.21 Å². The molecule has 7 heteroatoms. The first-order valence-corrected chi connectivity index (χ1v) is 9.20. The number of thiophene rings is 1. The van der Waals surface area contributed by atoms with Crippen LogP contribution in [0.3, 0.4) is 0 Å². The van der Waals surface area contributed by atoms with Crippen molar-refractivity contribution in [1.82, 2.24) is 9.97 Å². The summed E-state index contributed by atoms with van der Waals surface area (Å²) >= 11 is 3.04. The number of nitrogens with one attached hydrogen (secondary N) is 1. The van der Waals surface area contributed by atoms with Crippen molar-refractivity contribution >= 4 is 33.7 Å². The molecule has 23 heavy (non-hydrogen) atoms. The van der Waals surface area contributed by atoms with Gasteiger partial charge in [0.25, 0.3) is 0 Å². The second kappa shape index (κ2) is 5.90. The normalized spacial score (nSPS) is 14.1. The Bertz CT molecular complexity index is 832. The lowest BCUT2D eigenvalue weighted by atomic mass is 10.2. The molecule has 0 unspecified atom stereocenters. The van der Waals surface area contributed by atoms with Crippen LogP contribution in [0.2, 0.25) is 0 Å². The molecule has 3 aromatic rings. The van der Waals surface area contributed by atoms with Gasteiger partial charge in [-0.2, -0.15) is 0 Å². The highest BCUT2D eigenvalue weighted by molar-refractivity contribution is 7.14. The molecule has 0 radical (unpaired) electrons. The van der Waals surface area contributed by atoms with E-state index in [2.05, 4.69) is 15.3 Å². The monoisotopic (exact) mass is 345 g/mol. The maximum Gasteiger partial charge on any atom is 0.236 e. The molecule has 118 valence electrons. The predicted octanol–water partition coefficient (Wildman–Crippen LogP) is 4.23. The molecule has 1 aliphatic rings. The number of thiazole rings is 1. The Morgan fingerprint density at radius 3 is 3.00 bits per heavy atom. The standard InChI is InChI=1S/C16H15N3O2S2/c1-9-11(17-15(21-9)13-3-2-6-22-13)7-14(20)19-16-18-12(8-23-16)10-4-5-10/h2-3,6,8,10H,4-5,7H2,1H3,(H,18,19,20). The van der Waals surface area contributed by atoms with E-state index in [1.807, 2.05) is 29.8 Å². The van der Waals surface area contributed by atoms with Gasteiger partial charge in [-0.25, -0.2) is 9.97 Å². The summed E-state index contributed by atoms with van der Waals surface area (Å²) in [5, 5.41) is 7.52. The van der Waals surface area contributed by atoms with Crippen molar-refractivity contribution in [2.24, 2.45) is 0 Å². The van der Waals surface area contributed by atoms with E-state index in [1.54, 1.807) is 11.3 Å². The van der Waals surface area contributed by atoms with E-state index in [1.165, 1.54) is 24.2 Å². The van der Waals surface area contributed by atoms with E-state index >= 15 is 0 Å². The summed E-state index contributed by atoms with van der Waals surface area (Å²) in [4.78, 5) is 22.1. The van der Waals surface area contributed by atoms with Gasteiger partial charge < -0.3 is 9.73 Å². The molecule has 5 nitrogen and oxygen atoms in total. The quantitative estimate of drug-likeness (QED) is 0.751. The Balaban J connectivity index is 1.43. The number of oxazole rings is 1. The number of aryl methyl sites for hydroxylation is 1. The molecule has 0 aromatic carbocycles. The summed E-state index contributed by atoms with van der Waals surface area (Å²) in [6.45, 7) is 1.83. The number of amides is 1. The highest BCUT2D eigenvalue weighted by Gasteiger charge is 2.26. The first-order chi connectivity index (χ1) is 11.2. The fourth-order valence-corrected chi connectivity index (χ4v) is 3.78. The van der Waals surface area contributed by atoms with Crippen molar-refractivity contribution in [3.05, 3.63) is 40.0 Å². The molecule has 3 heterocycles. The van der Waals surface area contributed by atoms with Crippen molar-refractivity contribution in [2.45, 2.75) is 32.1 Å². The van der Waals surface area contributed by atoms with Crippen LogP contribution in [0.15, 0.2) is 27.3 Å². The maximum atomic E-state index is 12.2. The first-order valence-electron chi connectivity index (χ1n) is 7.44. The van der Waals surface area contributed by atoms with Crippen LogP contribution in [-0.2, 0) is 11.2 Å². The Labute approximate surface area is 141 Å². The molecular formula is C16H15N3O2S2. The molecule has 3 aromatic heterocycles. The number of carbonyl (C=O) groups excluding carboxylic acids is 1. The smallest absolute Gasteiger partial charge is 0.236 e. The van der Waals surface area contributed by atoms with Gasteiger partial charge in [0.1, 0.15) is 5.76 Å². The van der Waals surface area contributed by atoms with Crippen LogP contribution in [0.25, 0.3) is 10.8 Å². The lowest BCUT2D eigenvalue weighted by Crippen LogP contribution is -2.15. The van der Waals surface area contributed by atoms with Gasteiger partial charge in [-0.1, -0.05) is 6.07 Å². The minimum atomic E-state index is -0.115. The summed E-state index contributed by atoms with van der Waals surface area (Å²) in [5.74, 6) is 1.74. The minimum Gasteiger partial charge on any atom is -0.440 e. The summed E-state index contributed by atoms with van der Waals surface area (Å²) in [6.07, 6.45) is 2.61. The van der Waals surface area contributed by atoms with Crippen LogP contribution in [0.1, 0.15) is 35.9 Å². The van der Waals surface area contributed by atoms with Gasteiger partial charge in [0.05, 0.1) is 22.7 Å². The molecule has 0 saturated heterocycles. The van der Waals surface area contributed by atoms with Crippen LogP contribution in [-0.4, -0.2) is 15.9 Å². The van der Waals surface area contributed by atoms with Crippen molar-refractivity contribution in [3.8, 4) is 10.8 Å². The van der Waals surface area contributed by atoms with Gasteiger partial charge in [0.15, 0.2) is 5.13 Å². The summed E-state index contributed by atoms with van der Waals surface area (Å²) in [5.41, 5.74) is 1.77. The second-order valence-electron chi connectivity index (χ2n) is 5.58. The Morgan fingerprint density at radius 2 is 2.26 bits per heavy atom. The summed E-state index contributed by atoms with van der Waals surface area (Å²) < 4.78 is 5.66. The SMILES string of the molecule is Cc1oc(-c2cccs2)nc1CC(=O)Nc1nc(C2CC2)cs1. The van der Waals surface area contributed by atoms with E-state index in [-0.39, 0.29) is 12.3 Å². The third-order valence-electron chi connectivity index (χ3n) is 3.72. The van der Waals surface area contributed by atoms with E-state index in [0.29, 0.717) is 28.4 Å². The molecule has 4 rings (SSSR count). The highest BCUT2D eigenvalue weighted by atomic mass is 32.1. The van der Waals surface area contributed by atoms with Gasteiger partial charge in [0.2, 0.25) is 11.8 Å². The van der Waals surface area contributed by atoms with Gasteiger partial charge in [-0.05, 0) is 31.2 Å². The number of aromatic nitrogens is 2. The van der Waals surface area contributed by atoms with Crippen LogP contribution >= 0.6 is 22.7 Å². The summed E-state index contributed by atoms with van der Waals surface area (Å²) in [7, 11) is 0. The molecule has 1 amide bonds. The Hall–Kier alpha value is -1.99. The molecule has 0 atom stereocenters. The number of carbonyl (C=O) groups is 1. The average Bonchev–Trinajstić information content (AvgIpc) is 2.92. The number of nitrogens with zero attached hydrogens (tertiary/aromatic N) is 2. The molecule has 0 spiro atoms. The second-order valence-corrected chi connectivity index (χ2v) is 7.38. The van der Waals surface area contributed by atoms with Gasteiger partial charge in [-0.15, -0.1) is 22.7 Å². The van der Waals surface area contributed by atoms with Crippen LogP contribution in [0.5, 0.6) is 0 Å². The molecule has 1 saturated carbocycles. The highest BCUT2D eigenvalue weighted by Crippen LogP contribution is 2.40. The zero-order chi connectivity index (χ0) is 15.8. The molecule has 0 bridgehead atoms. The topological polar surface area (TPSA) is 68.0 Å². The van der Waals surface area contributed by atoms with Crippen LogP contribution in [0.4, 0.5) is 5.13 Å². The fraction of sp³-hybridized carbons (Fsp3) is 0.312. The van der Waals surface area contributed by atoms with E-state index in [0.717, 1.165) is 10.6 Å². The zero-order valence-corrected chi connectivity index (χ0v) is 14.2. The third kappa shape index (κ3) is 3.20. The van der Waals surface area contributed by atoms with Gasteiger partial charge in [0, 0.05) is 11.3 Å². The van der Waals surface area contributed by atoms with E-state index < -0.39 is 0 Å². The van der Waals surface area contributed by atoms with E-state index in [9.17, 15) is 4.79 Å². The van der Waals surface area contributed by atoms with Crippen molar-refractivity contribution in [3.63, 3.8) is 0 Å². The third-order valence-corrected chi connectivity index (χ3v) is 5.35. The van der Waals surface area contributed by atoms with Crippen molar-refractivity contribution in [1.29, 1.82) is 0 Å². The first kappa shape index (κ1) is 14.6. The van der Waals surface area contributed by atoms with Gasteiger partial charge in [-0.3, -0.25) is 4.79 Å².